The van der Waals surface area contributed by atoms with E-state index in [-0.39, 0.29) is 18.1 Å². The smallest absolute Gasteiger partial charge is 0.335 e. The highest BCUT2D eigenvalue weighted by molar-refractivity contribution is 5.76. The van der Waals surface area contributed by atoms with Crippen LogP contribution in [-0.4, -0.2) is 23.5 Å². The first-order valence-electron chi connectivity index (χ1n) is 8.75. The number of hydrogen-bond donors (Lipinski definition) is 1. The molecule has 2 aromatic rings. The van der Waals surface area contributed by atoms with E-state index in [4.69, 9.17) is 0 Å². The van der Waals surface area contributed by atoms with Crippen LogP contribution in [0.4, 0.5) is 18.0 Å². The van der Waals surface area contributed by atoms with Crippen molar-refractivity contribution in [2.24, 2.45) is 0 Å². The summed E-state index contributed by atoms with van der Waals surface area (Å²) >= 11 is 0. The minimum atomic E-state index is -4.37. The van der Waals surface area contributed by atoms with E-state index in [1.165, 1.54) is 12.1 Å². The molecule has 136 valence electrons. The van der Waals surface area contributed by atoms with Crippen LogP contribution in [0.25, 0.3) is 0 Å². The molecule has 0 spiro atoms. The Kier molecular flexibility index (Phi) is 4.13. The van der Waals surface area contributed by atoms with E-state index in [0.717, 1.165) is 42.5 Å². The minimum Gasteiger partial charge on any atom is -0.335 e. The van der Waals surface area contributed by atoms with Crippen molar-refractivity contribution in [2.45, 2.75) is 37.5 Å². The van der Waals surface area contributed by atoms with Gasteiger partial charge in [-0.1, -0.05) is 36.4 Å². The lowest BCUT2D eigenvalue weighted by atomic mass is 9.88. The molecule has 26 heavy (non-hydrogen) atoms. The van der Waals surface area contributed by atoms with Crippen LogP contribution in [0, 0.1) is 0 Å². The van der Waals surface area contributed by atoms with Gasteiger partial charge in [-0.15, -0.1) is 0 Å². The van der Waals surface area contributed by atoms with Gasteiger partial charge in [0.1, 0.15) is 0 Å². The first-order chi connectivity index (χ1) is 12.4. The van der Waals surface area contributed by atoms with Crippen LogP contribution in [0.15, 0.2) is 48.5 Å². The molecule has 1 N–H and O–H groups in total. The number of alkyl halides is 3. The van der Waals surface area contributed by atoms with Gasteiger partial charge in [-0.05, 0) is 48.1 Å². The second kappa shape index (κ2) is 6.34. The van der Waals surface area contributed by atoms with Crippen LogP contribution < -0.4 is 5.32 Å². The van der Waals surface area contributed by atoms with E-state index in [9.17, 15) is 18.0 Å². The zero-order chi connectivity index (χ0) is 18.3. The van der Waals surface area contributed by atoms with Gasteiger partial charge in [0.25, 0.3) is 0 Å². The van der Waals surface area contributed by atoms with Crippen LogP contribution in [0.3, 0.4) is 0 Å². The van der Waals surface area contributed by atoms with Gasteiger partial charge in [0.15, 0.2) is 0 Å². The number of amides is 2. The standard InChI is InChI=1S/C20H19F3N2O/c21-20(22,23)15-7-5-14(6-8-15)18-17-4-2-1-3-13(17)11-12-25(18)19(26)24-16-9-10-16/h1-8,16,18H,9-12H2,(H,24,26)/t18-/m1/s1. The molecule has 2 amide bonds. The molecule has 6 heteroatoms. The summed E-state index contributed by atoms with van der Waals surface area (Å²) in [5.41, 5.74) is 2.12. The normalized spacial score (nSPS) is 19.8. The van der Waals surface area contributed by atoms with Gasteiger partial charge in [0.2, 0.25) is 0 Å². The van der Waals surface area contributed by atoms with Crippen molar-refractivity contribution >= 4 is 6.03 Å². The Morgan fingerprint density at radius 2 is 1.73 bits per heavy atom. The molecule has 1 aliphatic heterocycles. The zero-order valence-corrected chi connectivity index (χ0v) is 14.1. The monoisotopic (exact) mass is 360 g/mol. The van der Waals surface area contributed by atoms with Crippen molar-refractivity contribution in [1.82, 2.24) is 10.2 Å². The quantitative estimate of drug-likeness (QED) is 0.839. The predicted octanol–water partition coefficient (Wildman–Crippen LogP) is 4.52. The van der Waals surface area contributed by atoms with Crippen LogP contribution in [-0.2, 0) is 12.6 Å². The largest absolute Gasteiger partial charge is 0.416 e. The third kappa shape index (κ3) is 3.28. The summed E-state index contributed by atoms with van der Waals surface area (Å²) in [5, 5.41) is 3.00. The molecule has 4 rings (SSSR count). The summed E-state index contributed by atoms with van der Waals surface area (Å²) in [6, 6.07) is 12.7. The lowest BCUT2D eigenvalue weighted by Crippen LogP contribution is -2.46. The van der Waals surface area contributed by atoms with Gasteiger partial charge in [-0.3, -0.25) is 0 Å². The molecule has 3 nitrogen and oxygen atoms in total. The molecule has 0 bridgehead atoms. The van der Waals surface area contributed by atoms with Crippen molar-refractivity contribution in [3.63, 3.8) is 0 Å². The first kappa shape index (κ1) is 16.9. The minimum absolute atomic E-state index is 0.146. The molecular formula is C20H19F3N2O. The molecule has 1 atom stereocenters. The maximum Gasteiger partial charge on any atom is 0.416 e. The number of urea groups is 1. The third-order valence-corrected chi connectivity index (χ3v) is 5.00. The summed E-state index contributed by atoms with van der Waals surface area (Å²) in [6.45, 7) is 0.543. The Labute approximate surface area is 149 Å². The van der Waals surface area contributed by atoms with Crippen LogP contribution in [0.1, 0.15) is 41.1 Å². The number of nitrogens with one attached hydrogen (secondary N) is 1. The third-order valence-electron chi connectivity index (χ3n) is 5.00. The topological polar surface area (TPSA) is 32.3 Å². The Hall–Kier alpha value is -2.50. The SMILES string of the molecule is O=C(NC1CC1)N1CCc2ccccc2[C@H]1c1ccc(C(F)(F)F)cc1. The fourth-order valence-corrected chi connectivity index (χ4v) is 3.48. The highest BCUT2D eigenvalue weighted by Crippen LogP contribution is 2.37. The molecule has 0 saturated heterocycles. The summed E-state index contributed by atoms with van der Waals surface area (Å²) < 4.78 is 38.6. The summed E-state index contributed by atoms with van der Waals surface area (Å²) in [6.07, 6.45) is -1.65. The van der Waals surface area contributed by atoms with Crippen molar-refractivity contribution in [1.29, 1.82) is 0 Å². The molecule has 0 unspecified atom stereocenters. The van der Waals surface area contributed by atoms with Crippen molar-refractivity contribution in [2.75, 3.05) is 6.54 Å². The highest BCUT2D eigenvalue weighted by Gasteiger charge is 2.35. The second-order valence-electron chi connectivity index (χ2n) is 6.89. The molecular weight excluding hydrogens is 341 g/mol. The fourth-order valence-electron chi connectivity index (χ4n) is 3.48. The lowest BCUT2D eigenvalue weighted by molar-refractivity contribution is -0.137. The van der Waals surface area contributed by atoms with Gasteiger partial charge in [-0.25, -0.2) is 4.79 Å². The van der Waals surface area contributed by atoms with Crippen molar-refractivity contribution < 1.29 is 18.0 Å². The van der Waals surface area contributed by atoms with E-state index >= 15 is 0 Å². The molecule has 1 heterocycles. The number of benzene rings is 2. The van der Waals surface area contributed by atoms with E-state index in [0.29, 0.717) is 12.1 Å². The number of hydrogen-bond acceptors (Lipinski definition) is 1. The maximum absolute atomic E-state index is 12.9. The number of carbonyl (C=O) groups excluding carboxylic acids is 1. The predicted molar refractivity (Wildman–Crippen MR) is 91.7 cm³/mol. The van der Waals surface area contributed by atoms with Crippen LogP contribution >= 0.6 is 0 Å². The highest BCUT2D eigenvalue weighted by atomic mass is 19.4. The average molecular weight is 360 g/mol. The second-order valence-corrected chi connectivity index (χ2v) is 6.89. The van der Waals surface area contributed by atoms with E-state index in [1.807, 2.05) is 24.3 Å². The molecule has 1 fully saturated rings. The fraction of sp³-hybridized carbons (Fsp3) is 0.350. The summed E-state index contributed by atoms with van der Waals surface area (Å²) in [7, 11) is 0. The maximum atomic E-state index is 12.9. The number of fused-ring (bicyclic) bond motifs is 1. The van der Waals surface area contributed by atoms with Crippen LogP contribution in [0.2, 0.25) is 0 Å². The summed E-state index contributed by atoms with van der Waals surface area (Å²) in [5.74, 6) is 0. The Balaban J connectivity index is 1.71. The van der Waals surface area contributed by atoms with Gasteiger partial charge >= 0.3 is 12.2 Å². The molecule has 2 aliphatic rings. The van der Waals surface area contributed by atoms with E-state index < -0.39 is 11.7 Å². The van der Waals surface area contributed by atoms with E-state index in [2.05, 4.69) is 5.32 Å². The van der Waals surface area contributed by atoms with Crippen molar-refractivity contribution in [3.8, 4) is 0 Å². The Morgan fingerprint density at radius 3 is 2.38 bits per heavy atom. The molecule has 1 saturated carbocycles. The van der Waals surface area contributed by atoms with Gasteiger partial charge < -0.3 is 10.2 Å². The van der Waals surface area contributed by atoms with E-state index in [1.54, 1.807) is 4.90 Å². The Morgan fingerprint density at radius 1 is 1.04 bits per heavy atom. The Bertz CT molecular complexity index is 813. The first-order valence-corrected chi connectivity index (χ1v) is 8.75. The number of carbonyl (C=O) groups is 1. The molecule has 1 aliphatic carbocycles. The van der Waals surface area contributed by atoms with Gasteiger partial charge in [0, 0.05) is 12.6 Å². The number of halogens is 3. The molecule has 0 radical (unpaired) electrons. The number of rotatable bonds is 2. The van der Waals surface area contributed by atoms with Crippen molar-refractivity contribution in [3.05, 3.63) is 70.8 Å². The summed E-state index contributed by atoms with van der Waals surface area (Å²) in [4.78, 5) is 14.4. The molecule has 0 aromatic heterocycles. The van der Waals surface area contributed by atoms with Gasteiger partial charge in [-0.2, -0.15) is 13.2 Å². The zero-order valence-electron chi connectivity index (χ0n) is 14.1. The number of nitrogens with zero attached hydrogens (tertiary/aromatic N) is 1. The van der Waals surface area contributed by atoms with Gasteiger partial charge in [0.05, 0.1) is 11.6 Å². The lowest BCUT2D eigenvalue weighted by Gasteiger charge is -2.37. The molecule has 2 aromatic carbocycles. The van der Waals surface area contributed by atoms with Crippen LogP contribution in [0.5, 0.6) is 0 Å². The average Bonchev–Trinajstić information content (AvgIpc) is 3.44.